The van der Waals surface area contributed by atoms with Gasteiger partial charge in [0.25, 0.3) is 0 Å². The third-order valence-electron chi connectivity index (χ3n) is 15.7. The van der Waals surface area contributed by atoms with Gasteiger partial charge in [0.05, 0.1) is 11.0 Å². The maximum atomic E-state index is 2.71. The highest BCUT2D eigenvalue weighted by atomic mass is 32.1. The molecule has 12 aromatic rings. The highest BCUT2D eigenvalue weighted by Crippen LogP contribution is 2.54. The SMILES string of the molecule is CC(C)(C)c1ccc(N2B3c4cc5sc(-c6ccccc6)c(-c6ccccc6)c5cc4-n4c5cc6c(cc5c5ccc(c3c54)-c3cc4c(cc32)sc2ccccc24)-c2ccccc2C6(C)C)cc1. The summed E-state index contributed by atoms with van der Waals surface area (Å²) in [4.78, 5) is 4.02. The number of rotatable bonds is 3. The van der Waals surface area contributed by atoms with Crippen molar-refractivity contribution in [3.63, 3.8) is 0 Å². The quantitative estimate of drug-likeness (QED) is 0.160. The molecule has 0 N–H and O–H groups in total. The molecule has 2 aliphatic heterocycles. The van der Waals surface area contributed by atoms with Crippen molar-refractivity contribution in [2.45, 2.75) is 45.4 Å². The van der Waals surface area contributed by atoms with Crippen LogP contribution in [0.2, 0.25) is 0 Å². The van der Waals surface area contributed by atoms with Gasteiger partial charge in [-0.3, -0.25) is 0 Å². The van der Waals surface area contributed by atoms with Gasteiger partial charge in [0, 0.05) is 79.5 Å². The molecule has 1 aliphatic carbocycles. The lowest BCUT2D eigenvalue weighted by Gasteiger charge is -2.42. The van der Waals surface area contributed by atoms with E-state index in [4.69, 9.17) is 0 Å². The van der Waals surface area contributed by atoms with E-state index in [0.717, 1.165) is 0 Å². The zero-order valence-electron chi connectivity index (χ0n) is 38.6. The minimum atomic E-state index is -0.137. The zero-order chi connectivity index (χ0) is 45.4. The Hall–Kier alpha value is -7.18. The van der Waals surface area contributed by atoms with Crippen molar-refractivity contribution in [3.8, 4) is 49.5 Å². The van der Waals surface area contributed by atoms with E-state index in [1.165, 1.54) is 141 Å². The molecule has 0 bridgehead atoms. The molecule has 5 heteroatoms. The predicted octanol–water partition coefficient (Wildman–Crippen LogP) is 16.5. The zero-order valence-corrected chi connectivity index (χ0v) is 40.2. The maximum Gasteiger partial charge on any atom is 0.333 e. The molecule has 0 amide bonds. The van der Waals surface area contributed by atoms with E-state index in [1.54, 1.807) is 0 Å². The Balaban J connectivity index is 1.11. The largest absolute Gasteiger partial charge is 0.376 e. The van der Waals surface area contributed by atoms with Crippen LogP contribution in [-0.4, -0.2) is 11.4 Å². The van der Waals surface area contributed by atoms with Crippen LogP contribution in [-0.2, 0) is 10.8 Å². The van der Waals surface area contributed by atoms with Crippen molar-refractivity contribution in [3.05, 3.63) is 199 Å². The van der Waals surface area contributed by atoms with Gasteiger partial charge >= 0.3 is 6.85 Å². The standard InChI is InChI=1S/C63H45BN2S2/c1-62(2,3)38-24-26-39(27-25-38)66-53-35-57-47(41-21-13-15-23-55(41)67-57)31-45(53)42-28-29-43-46-30-44-40-20-12-14-22-49(40)63(4,5)50(44)33-52(46)65-54-32-48-56(34-51(54)64(66)59(42)60(43)65)68-61(37-18-10-7-11-19-37)58(48)36-16-8-6-9-17-36/h6-35H,1-5H3. The summed E-state index contributed by atoms with van der Waals surface area (Å²) in [6.45, 7) is 11.7. The van der Waals surface area contributed by atoms with E-state index in [2.05, 4.69) is 226 Å². The van der Waals surface area contributed by atoms with Crippen LogP contribution in [0.15, 0.2) is 182 Å². The fourth-order valence-electron chi connectivity index (χ4n) is 12.5. The normalized spacial score (nSPS) is 14.3. The van der Waals surface area contributed by atoms with E-state index >= 15 is 0 Å². The van der Waals surface area contributed by atoms with Gasteiger partial charge in [0.1, 0.15) is 0 Å². The summed E-state index contributed by atoms with van der Waals surface area (Å²) in [6, 6.07) is 69.9. The smallest absolute Gasteiger partial charge is 0.333 e. The Kier molecular flexibility index (Phi) is 7.72. The summed E-state index contributed by atoms with van der Waals surface area (Å²) < 4.78 is 6.64. The van der Waals surface area contributed by atoms with Gasteiger partial charge in [0.15, 0.2) is 0 Å². The van der Waals surface area contributed by atoms with Gasteiger partial charge in [0.2, 0.25) is 0 Å². The molecule has 68 heavy (non-hydrogen) atoms. The monoisotopic (exact) mass is 904 g/mol. The predicted molar refractivity (Wildman–Crippen MR) is 295 cm³/mol. The molecule has 0 radical (unpaired) electrons. The highest BCUT2D eigenvalue weighted by molar-refractivity contribution is 7.26. The Bertz CT molecular complexity index is 4150. The highest BCUT2D eigenvalue weighted by Gasteiger charge is 2.45. The van der Waals surface area contributed by atoms with E-state index in [0.29, 0.717) is 0 Å². The molecule has 9 aromatic carbocycles. The number of anilines is 2. The Morgan fingerprint density at radius 1 is 0.485 bits per heavy atom. The number of aromatic nitrogens is 1. The molecule has 0 saturated carbocycles. The van der Waals surface area contributed by atoms with Crippen LogP contribution >= 0.6 is 22.7 Å². The van der Waals surface area contributed by atoms with Crippen LogP contribution in [0.4, 0.5) is 11.4 Å². The first kappa shape index (κ1) is 38.9. The second-order valence-corrected chi connectivity index (χ2v) is 23.0. The van der Waals surface area contributed by atoms with Gasteiger partial charge < -0.3 is 9.38 Å². The lowest BCUT2D eigenvalue weighted by atomic mass is 9.44. The molecule has 0 spiro atoms. The Morgan fingerprint density at radius 3 is 1.99 bits per heavy atom. The van der Waals surface area contributed by atoms with Crippen LogP contribution in [0.5, 0.6) is 0 Å². The molecule has 0 unspecified atom stereocenters. The molecule has 2 nitrogen and oxygen atoms in total. The number of thiophene rings is 2. The molecular weight excluding hydrogens is 860 g/mol. The molecule has 3 aliphatic rings. The Labute approximate surface area is 404 Å². The summed E-state index contributed by atoms with van der Waals surface area (Å²) >= 11 is 3.84. The average Bonchev–Trinajstić information content (AvgIpc) is 4.08. The van der Waals surface area contributed by atoms with Gasteiger partial charge in [-0.1, -0.05) is 162 Å². The van der Waals surface area contributed by atoms with Crippen molar-refractivity contribution in [2.75, 3.05) is 4.81 Å². The summed E-state index contributed by atoms with van der Waals surface area (Å²) in [5.41, 5.74) is 22.2. The van der Waals surface area contributed by atoms with Crippen LogP contribution in [0.25, 0.3) is 102 Å². The van der Waals surface area contributed by atoms with Gasteiger partial charge in [-0.05, 0) is 115 Å². The van der Waals surface area contributed by atoms with Crippen LogP contribution in [0.1, 0.15) is 51.3 Å². The second kappa shape index (κ2) is 13.5. The van der Waals surface area contributed by atoms with E-state index in [1.807, 2.05) is 22.7 Å². The maximum absolute atomic E-state index is 2.71. The minimum absolute atomic E-state index is 0.0335. The molecule has 15 rings (SSSR count). The summed E-state index contributed by atoms with van der Waals surface area (Å²) in [5.74, 6) is 0. The molecule has 322 valence electrons. The fraction of sp³-hybridized carbons (Fsp3) is 0.111. The number of hydrogen-bond donors (Lipinski definition) is 0. The third-order valence-corrected chi connectivity index (χ3v) is 18.1. The van der Waals surface area contributed by atoms with Crippen LogP contribution in [0.3, 0.4) is 0 Å². The lowest BCUT2D eigenvalue weighted by molar-refractivity contribution is 0.590. The molecule has 0 fully saturated rings. The summed E-state index contributed by atoms with van der Waals surface area (Å²) in [6.07, 6.45) is 0. The van der Waals surface area contributed by atoms with Crippen molar-refractivity contribution in [1.82, 2.24) is 4.57 Å². The van der Waals surface area contributed by atoms with E-state index in [-0.39, 0.29) is 17.7 Å². The summed E-state index contributed by atoms with van der Waals surface area (Å²) in [7, 11) is 0. The molecule has 5 heterocycles. The molecule has 0 saturated heterocycles. The number of hydrogen-bond acceptors (Lipinski definition) is 3. The van der Waals surface area contributed by atoms with Crippen molar-refractivity contribution in [1.29, 1.82) is 0 Å². The lowest BCUT2D eigenvalue weighted by Crippen LogP contribution is -2.60. The molecule has 0 atom stereocenters. The number of benzene rings is 9. The summed E-state index contributed by atoms with van der Waals surface area (Å²) in [5, 5.41) is 6.58. The van der Waals surface area contributed by atoms with Gasteiger partial charge in [-0.15, -0.1) is 22.7 Å². The molecular formula is C63H45BN2S2. The first-order valence-electron chi connectivity index (χ1n) is 23.9. The topological polar surface area (TPSA) is 8.17 Å². The first-order chi connectivity index (χ1) is 33.1. The van der Waals surface area contributed by atoms with Crippen molar-refractivity contribution in [2.24, 2.45) is 0 Å². The first-order valence-corrected chi connectivity index (χ1v) is 25.6. The molecule has 3 aromatic heterocycles. The average molecular weight is 905 g/mol. The second-order valence-electron chi connectivity index (χ2n) is 20.8. The van der Waals surface area contributed by atoms with Gasteiger partial charge in [-0.25, -0.2) is 0 Å². The Morgan fingerprint density at radius 2 is 1.19 bits per heavy atom. The van der Waals surface area contributed by atoms with Crippen LogP contribution in [0, 0.1) is 0 Å². The number of fused-ring (bicyclic) bond motifs is 15. The van der Waals surface area contributed by atoms with Gasteiger partial charge in [-0.2, -0.15) is 0 Å². The van der Waals surface area contributed by atoms with Crippen molar-refractivity contribution < 1.29 is 0 Å². The van der Waals surface area contributed by atoms with Crippen LogP contribution < -0.4 is 15.7 Å². The van der Waals surface area contributed by atoms with E-state index in [9.17, 15) is 0 Å². The number of nitrogens with zero attached hydrogens (tertiary/aromatic N) is 2. The van der Waals surface area contributed by atoms with E-state index < -0.39 is 0 Å². The third kappa shape index (κ3) is 5.13. The fourth-order valence-corrected chi connectivity index (χ4v) is 14.9. The van der Waals surface area contributed by atoms with Crippen molar-refractivity contribution >= 4 is 104 Å². The minimum Gasteiger partial charge on any atom is -0.376 e.